The van der Waals surface area contributed by atoms with E-state index in [4.69, 9.17) is 0 Å². The van der Waals surface area contributed by atoms with E-state index in [2.05, 4.69) is 18.2 Å². The molecule has 0 spiro atoms. The van der Waals surface area contributed by atoms with Gasteiger partial charge >= 0.3 is 0 Å². The first-order valence-corrected chi connectivity index (χ1v) is 5.44. The SMILES string of the molecule is O=C1CC=CC2=C1C1CC=CC(C2)C1. The molecule has 0 fully saturated rings. The summed E-state index contributed by atoms with van der Waals surface area (Å²) in [4.78, 5) is 11.8. The molecule has 0 saturated carbocycles. The van der Waals surface area contributed by atoms with Crippen LogP contribution in [0, 0.1) is 11.8 Å². The van der Waals surface area contributed by atoms with Gasteiger partial charge in [0.15, 0.2) is 5.78 Å². The minimum atomic E-state index is 0.376. The number of rotatable bonds is 0. The minimum absolute atomic E-state index is 0.376. The summed E-state index contributed by atoms with van der Waals surface area (Å²) < 4.78 is 0. The summed E-state index contributed by atoms with van der Waals surface area (Å²) in [6.07, 6.45) is 12.8. The molecule has 0 heterocycles. The maximum atomic E-state index is 11.8. The molecule has 0 aromatic heterocycles. The molecule has 2 atom stereocenters. The number of hydrogen-bond donors (Lipinski definition) is 0. The zero-order valence-corrected chi connectivity index (χ0v) is 8.20. The van der Waals surface area contributed by atoms with Gasteiger partial charge in [-0.3, -0.25) is 4.79 Å². The van der Waals surface area contributed by atoms with E-state index in [0.29, 0.717) is 24.0 Å². The van der Waals surface area contributed by atoms with Crippen LogP contribution in [0.15, 0.2) is 35.5 Å². The predicted octanol–water partition coefficient (Wildman–Crippen LogP) is 2.80. The van der Waals surface area contributed by atoms with Gasteiger partial charge in [0, 0.05) is 12.0 Å². The van der Waals surface area contributed by atoms with Crippen molar-refractivity contribution in [2.75, 3.05) is 0 Å². The van der Waals surface area contributed by atoms with Crippen LogP contribution in [0.1, 0.15) is 25.7 Å². The third kappa shape index (κ3) is 1.12. The van der Waals surface area contributed by atoms with Crippen molar-refractivity contribution in [1.82, 2.24) is 0 Å². The summed E-state index contributed by atoms with van der Waals surface area (Å²) in [7, 11) is 0. The number of ketones is 1. The van der Waals surface area contributed by atoms with Crippen LogP contribution in [-0.4, -0.2) is 5.78 Å². The van der Waals surface area contributed by atoms with E-state index in [0.717, 1.165) is 18.4 Å². The summed E-state index contributed by atoms with van der Waals surface area (Å²) in [6, 6.07) is 0. The Balaban J connectivity index is 2.06. The van der Waals surface area contributed by atoms with Gasteiger partial charge in [0.1, 0.15) is 0 Å². The van der Waals surface area contributed by atoms with E-state index >= 15 is 0 Å². The lowest BCUT2D eigenvalue weighted by Crippen LogP contribution is -2.26. The quantitative estimate of drug-likeness (QED) is 0.532. The van der Waals surface area contributed by atoms with Crippen molar-refractivity contribution in [3.63, 3.8) is 0 Å². The number of allylic oxidation sites excluding steroid dienone is 6. The summed E-state index contributed by atoms with van der Waals surface area (Å²) in [5, 5.41) is 0. The lowest BCUT2D eigenvalue weighted by Gasteiger charge is -2.34. The molecular weight excluding hydrogens is 172 g/mol. The van der Waals surface area contributed by atoms with Crippen LogP contribution in [0.2, 0.25) is 0 Å². The fraction of sp³-hybridized carbons (Fsp3) is 0.462. The van der Waals surface area contributed by atoms with E-state index < -0.39 is 0 Å². The first kappa shape index (κ1) is 8.22. The van der Waals surface area contributed by atoms with Crippen molar-refractivity contribution in [3.8, 4) is 0 Å². The highest BCUT2D eigenvalue weighted by Gasteiger charge is 2.32. The molecule has 2 bridgehead atoms. The molecule has 3 aliphatic rings. The zero-order chi connectivity index (χ0) is 9.54. The van der Waals surface area contributed by atoms with Gasteiger partial charge in [0.05, 0.1) is 0 Å². The molecule has 0 aromatic carbocycles. The van der Waals surface area contributed by atoms with Gasteiger partial charge in [-0.15, -0.1) is 0 Å². The van der Waals surface area contributed by atoms with Gasteiger partial charge in [-0.1, -0.05) is 24.3 Å². The van der Waals surface area contributed by atoms with Gasteiger partial charge in [0.25, 0.3) is 0 Å². The number of fused-ring (bicyclic) bond motifs is 3. The first-order valence-electron chi connectivity index (χ1n) is 5.44. The molecule has 0 amide bonds. The maximum absolute atomic E-state index is 11.8. The van der Waals surface area contributed by atoms with E-state index in [9.17, 15) is 4.79 Å². The van der Waals surface area contributed by atoms with Crippen LogP contribution in [0.3, 0.4) is 0 Å². The van der Waals surface area contributed by atoms with E-state index in [1.54, 1.807) is 0 Å². The van der Waals surface area contributed by atoms with Crippen molar-refractivity contribution in [3.05, 3.63) is 35.5 Å². The van der Waals surface area contributed by atoms with Gasteiger partial charge in [-0.25, -0.2) is 0 Å². The predicted molar refractivity (Wildman–Crippen MR) is 55.8 cm³/mol. The van der Waals surface area contributed by atoms with Crippen molar-refractivity contribution in [2.45, 2.75) is 25.7 Å². The van der Waals surface area contributed by atoms with Gasteiger partial charge in [0.2, 0.25) is 0 Å². The van der Waals surface area contributed by atoms with E-state index in [1.807, 2.05) is 6.08 Å². The molecule has 1 nitrogen and oxygen atoms in total. The Morgan fingerprint density at radius 1 is 1.29 bits per heavy atom. The lowest BCUT2D eigenvalue weighted by atomic mass is 9.69. The highest BCUT2D eigenvalue weighted by atomic mass is 16.1. The number of carbonyl (C=O) groups excluding carboxylic acids is 1. The maximum Gasteiger partial charge on any atom is 0.163 e. The molecule has 14 heavy (non-hydrogen) atoms. The smallest absolute Gasteiger partial charge is 0.163 e. The third-order valence-corrected chi connectivity index (χ3v) is 3.58. The topological polar surface area (TPSA) is 17.1 Å². The van der Waals surface area contributed by atoms with Crippen molar-refractivity contribution in [2.24, 2.45) is 11.8 Å². The van der Waals surface area contributed by atoms with Crippen LogP contribution in [0.25, 0.3) is 0 Å². The zero-order valence-electron chi connectivity index (χ0n) is 8.20. The van der Waals surface area contributed by atoms with Crippen LogP contribution < -0.4 is 0 Å². The Bertz CT molecular complexity index is 371. The van der Waals surface area contributed by atoms with Crippen LogP contribution in [-0.2, 0) is 4.79 Å². The molecular formula is C13H14O. The Morgan fingerprint density at radius 2 is 2.21 bits per heavy atom. The number of hydrogen-bond acceptors (Lipinski definition) is 1. The van der Waals surface area contributed by atoms with Crippen molar-refractivity contribution < 1.29 is 4.79 Å². The Labute approximate surface area is 84.2 Å². The summed E-state index contributed by atoms with van der Waals surface area (Å²) >= 11 is 0. The molecule has 0 saturated heterocycles. The molecule has 3 aliphatic carbocycles. The number of carbonyl (C=O) groups is 1. The second kappa shape index (κ2) is 2.94. The largest absolute Gasteiger partial charge is 0.294 e. The Hall–Kier alpha value is -1.11. The van der Waals surface area contributed by atoms with Crippen LogP contribution in [0.5, 0.6) is 0 Å². The molecule has 0 N–H and O–H groups in total. The molecule has 1 heteroatoms. The second-order valence-electron chi connectivity index (χ2n) is 4.53. The molecule has 0 aromatic rings. The molecule has 0 aliphatic heterocycles. The van der Waals surface area contributed by atoms with Gasteiger partial charge < -0.3 is 0 Å². The highest BCUT2D eigenvalue weighted by molar-refractivity contribution is 5.99. The standard InChI is InChI=1S/C13H14O/c14-12-6-2-5-11-8-9-3-1-4-10(7-9)13(11)12/h1-3,5,9-10H,4,6-8H2. The fourth-order valence-electron chi connectivity index (χ4n) is 3.00. The average Bonchev–Trinajstić information content (AvgIpc) is 2.17. The van der Waals surface area contributed by atoms with Crippen LogP contribution >= 0.6 is 0 Å². The normalized spacial score (nSPS) is 34.7. The van der Waals surface area contributed by atoms with Gasteiger partial charge in [-0.2, -0.15) is 0 Å². The monoisotopic (exact) mass is 186 g/mol. The molecule has 2 unspecified atom stereocenters. The van der Waals surface area contributed by atoms with E-state index in [1.165, 1.54) is 12.0 Å². The highest BCUT2D eigenvalue weighted by Crippen LogP contribution is 2.42. The van der Waals surface area contributed by atoms with E-state index in [-0.39, 0.29) is 0 Å². The average molecular weight is 186 g/mol. The minimum Gasteiger partial charge on any atom is -0.294 e. The summed E-state index contributed by atoms with van der Waals surface area (Å²) in [6.45, 7) is 0. The third-order valence-electron chi connectivity index (χ3n) is 3.58. The summed E-state index contributed by atoms with van der Waals surface area (Å²) in [5.74, 6) is 1.61. The molecule has 3 rings (SSSR count). The molecule has 72 valence electrons. The Kier molecular flexibility index (Phi) is 1.73. The Morgan fingerprint density at radius 3 is 3.14 bits per heavy atom. The van der Waals surface area contributed by atoms with Crippen LogP contribution in [0.4, 0.5) is 0 Å². The lowest BCUT2D eigenvalue weighted by molar-refractivity contribution is -0.115. The van der Waals surface area contributed by atoms with Crippen molar-refractivity contribution >= 4 is 5.78 Å². The van der Waals surface area contributed by atoms with Crippen molar-refractivity contribution in [1.29, 1.82) is 0 Å². The fourth-order valence-corrected chi connectivity index (χ4v) is 3.00. The molecule has 0 radical (unpaired) electrons. The summed E-state index contributed by atoms with van der Waals surface area (Å²) in [5.41, 5.74) is 2.49. The second-order valence-corrected chi connectivity index (χ2v) is 4.53. The number of Topliss-reactive ketones (excluding diaryl/α,β-unsaturated/α-hetero) is 1. The van der Waals surface area contributed by atoms with Gasteiger partial charge in [-0.05, 0) is 36.7 Å². The first-order chi connectivity index (χ1) is 6.84.